The van der Waals surface area contributed by atoms with E-state index in [-0.39, 0.29) is 0 Å². The van der Waals surface area contributed by atoms with E-state index in [1.807, 2.05) is 0 Å². The van der Waals surface area contributed by atoms with Gasteiger partial charge in [0.05, 0.1) is 6.33 Å². The standard InChI is InChI=1S/C20H25N7Se/c1-2-4-14(3-1)23-19-17-18(22-13-21-17)25-20(26-19)24-15-5-7-16(8-6-15)27-9-11-28-12-10-27/h5-8,13-14H,1-4,9-12H2,(H3,21,22,23,24,25,26). The van der Waals surface area contributed by atoms with Crippen LogP contribution in [0.2, 0.25) is 10.6 Å². The van der Waals surface area contributed by atoms with Gasteiger partial charge in [0.2, 0.25) is 0 Å². The van der Waals surface area contributed by atoms with E-state index in [1.165, 1.54) is 55.1 Å². The minimum atomic E-state index is 0.486. The van der Waals surface area contributed by atoms with E-state index >= 15 is 0 Å². The van der Waals surface area contributed by atoms with Crippen LogP contribution in [0, 0.1) is 0 Å². The second-order valence-electron chi connectivity index (χ2n) is 7.39. The first kappa shape index (κ1) is 17.8. The third kappa shape index (κ3) is 3.79. The zero-order valence-corrected chi connectivity index (χ0v) is 17.5. The molecule has 0 spiro atoms. The molecule has 5 rings (SSSR count). The predicted octanol–water partition coefficient (Wildman–Crippen LogP) is 3.81. The SMILES string of the molecule is c1nc2nc(Nc3ccc(N4CC[Se]CC4)cc3)nc(NC3CCCC3)c2[nH]1. The van der Waals surface area contributed by atoms with Crippen LogP contribution in [0.4, 0.5) is 23.1 Å². The number of anilines is 4. The van der Waals surface area contributed by atoms with Gasteiger partial charge in [-0.3, -0.25) is 0 Å². The maximum absolute atomic E-state index is 4.73. The molecule has 2 fully saturated rings. The first-order valence-electron chi connectivity index (χ1n) is 10.0. The third-order valence-corrected chi connectivity index (χ3v) is 7.46. The molecule has 1 aromatic carbocycles. The minimum absolute atomic E-state index is 0.486. The Balaban J connectivity index is 1.35. The van der Waals surface area contributed by atoms with Crippen LogP contribution in [0.25, 0.3) is 11.2 Å². The van der Waals surface area contributed by atoms with Gasteiger partial charge in [-0.1, -0.05) is 12.8 Å². The summed E-state index contributed by atoms with van der Waals surface area (Å²) in [6.45, 7) is 2.36. The number of nitrogens with zero attached hydrogens (tertiary/aromatic N) is 4. The number of benzene rings is 1. The van der Waals surface area contributed by atoms with E-state index in [0.717, 1.165) is 32.0 Å². The molecule has 146 valence electrons. The molecule has 2 aromatic heterocycles. The Bertz CT molecular complexity index is 927. The molecule has 3 heterocycles. The van der Waals surface area contributed by atoms with Gasteiger partial charge < -0.3 is 4.98 Å². The van der Waals surface area contributed by atoms with Crippen molar-refractivity contribution in [1.29, 1.82) is 0 Å². The smallest absolute Gasteiger partial charge is 0.340 e. The van der Waals surface area contributed by atoms with E-state index in [9.17, 15) is 0 Å². The molecule has 1 saturated carbocycles. The molecular weight excluding hydrogens is 417 g/mol. The molecule has 1 aliphatic heterocycles. The topological polar surface area (TPSA) is 81.8 Å². The van der Waals surface area contributed by atoms with Crippen LogP contribution in [0.15, 0.2) is 30.6 Å². The molecule has 0 bridgehead atoms. The average molecular weight is 442 g/mol. The number of hydrogen-bond donors (Lipinski definition) is 3. The van der Waals surface area contributed by atoms with Crippen molar-refractivity contribution in [2.75, 3.05) is 28.6 Å². The van der Waals surface area contributed by atoms with Gasteiger partial charge in [0.25, 0.3) is 0 Å². The number of H-pyrrole nitrogens is 1. The molecule has 1 saturated heterocycles. The number of nitrogens with one attached hydrogen (secondary N) is 3. The normalized spacial score (nSPS) is 17.9. The molecule has 2 aliphatic rings. The fourth-order valence-corrected chi connectivity index (χ4v) is 5.86. The molecule has 0 radical (unpaired) electrons. The van der Waals surface area contributed by atoms with Gasteiger partial charge in [-0.15, -0.1) is 0 Å². The monoisotopic (exact) mass is 443 g/mol. The Morgan fingerprint density at radius 1 is 1.04 bits per heavy atom. The van der Waals surface area contributed by atoms with Crippen LogP contribution in [-0.4, -0.2) is 54.0 Å². The quantitative estimate of drug-likeness (QED) is 0.522. The van der Waals surface area contributed by atoms with E-state index < -0.39 is 0 Å². The zero-order valence-electron chi connectivity index (χ0n) is 15.8. The van der Waals surface area contributed by atoms with Crippen LogP contribution in [-0.2, 0) is 0 Å². The summed E-state index contributed by atoms with van der Waals surface area (Å²) in [6, 6.07) is 9.07. The first-order chi connectivity index (χ1) is 13.8. The van der Waals surface area contributed by atoms with Crippen LogP contribution < -0.4 is 15.5 Å². The second kappa shape index (κ2) is 7.97. The van der Waals surface area contributed by atoms with Crippen molar-refractivity contribution in [3.8, 4) is 0 Å². The molecule has 28 heavy (non-hydrogen) atoms. The van der Waals surface area contributed by atoms with Gasteiger partial charge >= 0.3 is 128 Å². The number of aromatic nitrogens is 4. The van der Waals surface area contributed by atoms with Gasteiger partial charge in [-0.2, -0.15) is 0 Å². The number of hydrogen-bond acceptors (Lipinski definition) is 6. The number of imidazole rings is 1. The zero-order chi connectivity index (χ0) is 18.8. The van der Waals surface area contributed by atoms with Crippen molar-refractivity contribution >= 4 is 49.3 Å². The molecule has 8 heteroatoms. The van der Waals surface area contributed by atoms with Crippen molar-refractivity contribution in [3.63, 3.8) is 0 Å². The fraction of sp³-hybridized carbons (Fsp3) is 0.450. The Hall–Kier alpha value is -2.31. The molecule has 0 unspecified atom stereocenters. The van der Waals surface area contributed by atoms with Gasteiger partial charge in [-0.05, 0) is 12.8 Å². The van der Waals surface area contributed by atoms with Gasteiger partial charge in [-0.25, -0.2) is 0 Å². The maximum atomic E-state index is 4.73. The summed E-state index contributed by atoms with van der Waals surface area (Å²) in [4.78, 5) is 19.3. The summed E-state index contributed by atoms with van der Waals surface area (Å²) in [6.07, 6.45) is 6.63. The predicted molar refractivity (Wildman–Crippen MR) is 115 cm³/mol. The number of fused-ring (bicyclic) bond motifs is 1. The van der Waals surface area contributed by atoms with E-state index in [4.69, 9.17) is 4.98 Å². The molecule has 3 aromatic rings. The van der Waals surface area contributed by atoms with Crippen molar-refractivity contribution in [2.24, 2.45) is 0 Å². The molecule has 0 amide bonds. The first-order valence-corrected chi connectivity index (χ1v) is 12.4. The molecule has 3 N–H and O–H groups in total. The number of rotatable bonds is 5. The van der Waals surface area contributed by atoms with Crippen LogP contribution in [0.3, 0.4) is 0 Å². The summed E-state index contributed by atoms with van der Waals surface area (Å²) >= 11 is 0.838. The Labute approximate surface area is 170 Å². The summed E-state index contributed by atoms with van der Waals surface area (Å²) in [5, 5.41) is 9.63. The Morgan fingerprint density at radius 3 is 2.61 bits per heavy atom. The number of aromatic amines is 1. The average Bonchev–Trinajstić information content (AvgIpc) is 3.41. The van der Waals surface area contributed by atoms with Gasteiger partial charge in [0.15, 0.2) is 0 Å². The minimum Gasteiger partial charge on any atom is -0.340 e. The summed E-state index contributed by atoms with van der Waals surface area (Å²) in [5.74, 6) is 1.41. The molecule has 1 aliphatic carbocycles. The summed E-state index contributed by atoms with van der Waals surface area (Å²) in [5.41, 5.74) is 3.85. The Kier molecular flexibility index (Phi) is 5.06. The van der Waals surface area contributed by atoms with E-state index in [1.54, 1.807) is 6.33 Å². The summed E-state index contributed by atoms with van der Waals surface area (Å²) < 4.78 is 0. The molecular formula is C20H25N7Se. The van der Waals surface area contributed by atoms with Crippen molar-refractivity contribution in [1.82, 2.24) is 19.9 Å². The van der Waals surface area contributed by atoms with Crippen LogP contribution >= 0.6 is 0 Å². The van der Waals surface area contributed by atoms with Crippen LogP contribution in [0.5, 0.6) is 0 Å². The fourth-order valence-electron chi connectivity index (χ4n) is 3.96. The Morgan fingerprint density at radius 2 is 1.82 bits per heavy atom. The molecule has 7 nitrogen and oxygen atoms in total. The summed E-state index contributed by atoms with van der Waals surface area (Å²) in [7, 11) is 0. The van der Waals surface area contributed by atoms with E-state index in [2.05, 4.69) is 54.8 Å². The van der Waals surface area contributed by atoms with E-state index in [0.29, 0.717) is 17.6 Å². The second-order valence-corrected chi connectivity index (χ2v) is 9.96. The third-order valence-electron chi connectivity index (χ3n) is 5.48. The van der Waals surface area contributed by atoms with Crippen LogP contribution in [0.1, 0.15) is 25.7 Å². The van der Waals surface area contributed by atoms with Gasteiger partial charge in [0.1, 0.15) is 0 Å². The van der Waals surface area contributed by atoms with Crippen molar-refractivity contribution in [2.45, 2.75) is 42.4 Å². The van der Waals surface area contributed by atoms with Crippen molar-refractivity contribution < 1.29 is 0 Å². The van der Waals surface area contributed by atoms with Crippen molar-refractivity contribution in [3.05, 3.63) is 30.6 Å². The molecule has 0 atom stereocenters. The van der Waals surface area contributed by atoms with Gasteiger partial charge in [0, 0.05) is 6.04 Å².